The van der Waals surface area contributed by atoms with Crippen LogP contribution in [-0.2, 0) is 7.05 Å². The van der Waals surface area contributed by atoms with Crippen LogP contribution >= 0.6 is 0 Å². The zero-order chi connectivity index (χ0) is 22.0. The molecule has 0 bridgehead atoms. The van der Waals surface area contributed by atoms with Gasteiger partial charge in [0.1, 0.15) is 23.8 Å². The minimum absolute atomic E-state index is 0.0558. The minimum Gasteiger partial charge on any atom is -0.507 e. The minimum atomic E-state index is -1.08. The fourth-order valence-corrected chi connectivity index (χ4v) is 3.93. The molecule has 4 rings (SSSR count). The molecule has 1 fully saturated rings. The van der Waals surface area contributed by atoms with Crippen LogP contribution < -0.4 is 10.1 Å². The number of ether oxygens (including phenoxy) is 1. The van der Waals surface area contributed by atoms with Crippen molar-refractivity contribution in [2.24, 2.45) is 7.05 Å². The summed E-state index contributed by atoms with van der Waals surface area (Å²) >= 11 is 0. The number of hydrogen-bond acceptors (Lipinski definition) is 6. The number of nitrogens with zero attached hydrogens (tertiary/aromatic N) is 4. The Kier molecular flexibility index (Phi) is 6.13. The predicted molar refractivity (Wildman–Crippen MR) is 112 cm³/mol. The largest absolute Gasteiger partial charge is 0.507 e. The molecule has 2 heterocycles. The van der Waals surface area contributed by atoms with Crippen molar-refractivity contribution in [1.29, 1.82) is 0 Å². The lowest BCUT2D eigenvalue weighted by Crippen LogP contribution is -2.35. The van der Waals surface area contributed by atoms with Gasteiger partial charge in [0.15, 0.2) is 0 Å². The van der Waals surface area contributed by atoms with Gasteiger partial charge < -0.3 is 15.2 Å². The first kappa shape index (κ1) is 21.2. The topological polar surface area (TPSA) is 85.1 Å². The summed E-state index contributed by atoms with van der Waals surface area (Å²) in [4.78, 5) is 0. The average molecular weight is 429 g/mol. The van der Waals surface area contributed by atoms with Crippen molar-refractivity contribution in [3.8, 4) is 34.0 Å². The fourth-order valence-electron chi connectivity index (χ4n) is 3.93. The Labute approximate surface area is 179 Å². The third kappa shape index (κ3) is 4.66. The molecule has 1 saturated carbocycles. The van der Waals surface area contributed by atoms with Gasteiger partial charge in [0.05, 0.1) is 17.5 Å². The number of alkyl halides is 1. The van der Waals surface area contributed by atoms with Gasteiger partial charge in [-0.3, -0.25) is 4.68 Å². The summed E-state index contributed by atoms with van der Waals surface area (Å²) in [5, 5.41) is 25.6. The zero-order valence-electron chi connectivity index (χ0n) is 17.4. The summed E-state index contributed by atoms with van der Waals surface area (Å²) in [5.41, 5.74) is 1.29. The van der Waals surface area contributed by atoms with Gasteiger partial charge in [0.25, 0.3) is 0 Å². The quantitative estimate of drug-likeness (QED) is 0.603. The maximum absolute atomic E-state index is 14.8. The van der Waals surface area contributed by atoms with Gasteiger partial charge in [0.2, 0.25) is 5.88 Å². The molecule has 9 heteroatoms. The maximum Gasteiger partial charge on any atom is 0.233 e. The zero-order valence-corrected chi connectivity index (χ0v) is 17.4. The lowest BCUT2D eigenvalue weighted by atomic mass is 10.0. The molecular formula is C22H25F2N5O2. The van der Waals surface area contributed by atoms with E-state index in [9.17, 15) is 13.9 Å². The second kappa shape index (κ2) is 8.97. The van der Waals surface area contributed by atoms with Crippen molar-refractivity contribution in [2.45, 2.75) is 44.0 Å². The highest BCUT2D eigenvalue weighted by molar-refractivity contribution is 5.74. The number of hydrogen-bond donors (Lipinski definition) is 2. The predicted octanol–water partition coefficient (Wildman–Crippen LogP) is 3.64. The van der Waals surface area contributed by atoms with Gasteiger partial charge >= 0.3 is 0 Å². The SMILES string of the molecule is CNC1CCCC(F)[C@@H](Oc2ccc(-c3c(O)cc(-c4cnn(C)c4)cc3F)nn2)C1. The molecule has 31 heavy (non-hydrogen) atoms. The number of aryl methyl sites for hydroxylation is 1. The number of benzene rings is 1. The molecule has 0 spiro atoms. The van der Waals surface area contributed by atoms with Gasteiger partial charge in [0, 0.05) is 37.3 Å². The van der Waals surface area contributed by atoms with E-state index in [-0.39, 0.29) is 28.9 Å². The Balaban J connectivity index is 1.54. The molecule has 1 aliphatic carbocycles. The Hall–Kier alpha value is -3.07. The molecule has 0 aliphatic heterocycles. The Morgan fingerprint density at radius 2 is 2.03 bits per heavy atom. The van der Waals surface area contributed by atoms with Gasteiger partial charge in [-0.25, -0.2) is 8.78 Å². The van der Waals surface area contributed by atoms with Crippen molar-refractivity contribution in [3.05, 3.63) is 42.5 Å². The van der Waals surface area contributed by atoms with Crippen molar-refractivity contribution in [2.75, 3.05) is 7.05 Å². The average Bonchev–Trinajstić information content (AvgIpc) is 3.10. The Bertz CT molecular complexity index is 1020. The Morgan fingerprint density at radius 3 is 2.68 bits per heavy atom. The summed E-state index contributed by atoms with van der Waals surface area (Å²) in [6, 6.07) is 5.97. The monoisotopic (exact) mass is 429 g/mol. The molecule has 0 saturated heterocycles. The van der Waals surface area contributed by atoms with E-state index in [0.29, 0.717) is 24.0 Å². The van der Waals surface area contributed by atoms with Crippen LogP contribution in [0.25, 0.3) is 22.4 Å². The number of aromatic hydroxyl groups is 1. The van der Waals surface area contributed by atoms with Crippen LogP contribution in [0.4, 0.5) is 8.78 Å². The maximum atomic E-state index is 14.8. The highest BCUT2D eigenvalue weighted by Gasteiger charge is 2.29. The summed E-state index contributed by atoms with van der Waals surface area (Å²) in [5.74, 6) is -0.724. The van der Waals surface area contributed by atoms with Gasteiger partial charge in [-0.1, -0.05) is 0 Å². The Morgan fingerprint density at radius 1 is 1.19 bits per heavy atom. The van der Waals surface area contributed by atoms with Gasteiger partial charge in [-0.05, 0) is 50.1 Å². The molecule has 2 unspecified atom stereocenters. The lowest BCUT2D eigenvalue weighted by Gasteiger charge is -2.22. The first-order valence-electron chi connectivity index (χ1n) is 10.3. The molecule has 3 aromatic rings. The summed E-state index contributed by atoms with van der Waals surface area (Å²) < 4.78 is 36.6. The van der Waals surface area contributed by atoms with Gasteiger partial charge in [-0.15, -0.1) is 10.2 Å². The van der Waals surface area contributed by atoms with E-state index in [2.05, 4.69) is 20.6 Å². The van der Waals surface area contributed by atoms with Crippen molar-refractivity contribution in [3.63, 3.8) is 0 Å². The molecule has 1 aliphatic rings. The number of aromatic nitrogens is 4. The second-order valence-corrected chi connectivity index (χ2v) is 7.84. The summed E-state index contributed by atoms with van der Waals surface area (Å²) in [7, 11) is 3.61. The second-order valence-electron chi connectivity index (χ2n) is 7.84. The molecule has 2 N–H and O–H groups in total. The lowest BCUT2D eigenvalue weighted by molar-refractivity contribution is 0.0837. The number of halogens is 2. The van der Waals surface area contributed by atoms with Crippen LogP contribution in [-0.4, -0.2) is 50.4 Å². The molecule has 164 valence electrons. The molecule has 7 nitrogen and oxygen atoms in total. The number of phenolic OH excluding ortho intramolecular Hbond substituents is 1. The number of phenols is 1. The molecule has 0 amide bonds. The normalized spacial score (nSPS) is 21.6. The molecule has 3 atom stereocenters. The summed E-state index contributed by atoms with van der Waals surface area (Å²) in [6.07, 6.45) is 4.28. The van der Waals surface area contributed by atoms with Crippen LogP contribution in [0.1, 0.15) is 25.7 Å². The number of nitrogens with one attached hydrogen (secondary N) is 1. The standard InChI is InChI=1S/C22H25F2N5O2/c1-25-15-4-3-5-16(23)20(10-15)31-21-7-6-18(27-28-21)22-17(24)8-13(9-19(22)30)14-11-26-29(2)12-14/h6-9,11-12,15-16,20,25,30H,3-5,10H2,1-2H3/t15?,16?,20-/m0/s1. The van der Waals surface area contributed by atoms with E-state index in [1.54, 1.807) is 24.1 Å². The highest BCUT2D eigenvalue weighted by atomic mass is 19.1. The van der Waals surface area contributed by atoms with Crippen molar-refractivity contribution in [1.82, 2.24) is 25.3 Å². The van der Waals surface area contributed by atoms with E-state index >= 15 is 0 Å². The van der Waals surface area contributed by atoms with E-state index in [1.807, 2.05) is 7.05 Å². The summed E-state index contributed by atoms with van der Waals surface area (Å²) in [6.45, 7) is 0. The first-order valence-corrected chi connectivity index (χ1v) is 10.3. The first-order chi connectivity index (χ1) is 14.9. The van der Waals surface area contributed by atoms with E-state index < -0.39 is 18.1 Å². The van der Waals surface area contributed by atoms with Crippen LogP contribution in [0.2, 0.25) is 0 Å². The van der Waals surface area contributed by atoms with Gasteiger partial charge in [-0.2, -0.15) is 5.10 Å². The third-order valence-corrected chi connectivity index (χ3v) is 5.64. The van der Waals surface area contributed by atoms with Crippen molar-refractivity contribution >= 4 is 0 Å². The van der Waals surface area contributed by atoms with E-state index in [4.69, 9.17) is 4.74 Å². The van der Waals surface area contributed by atoms with Crippen LogP contribution in [0.5, 0.6) is 11.6 Å². The van der Waals surface area contributed by atoms with E-state index in [1.165, 1.54) is 24.3 Å². The molecular weight excluding hydrogens is 404 g/mol. The molecule has 1 aromatic carbocycles. The highest BCUT2D eigenvalue weighted by Crippen LogP contribution is 2.35. The number of rotatable bonds is 5. The van der Waals surface area contributed by atoms with Crippen LogP contribution in [0.3, 0.4) is 0 Å². The van der Waals surface area contributed by atoms with Crippen LogP contribution in [0.15, 0.2) is 36.7 Å². The van der Waals surface area contributed by atoms with Crippen molar-refractivity contribution < 1.29 is 18.6 Å². The molecule has 0 radical (unpaired) electrons. The smallest absolute Gasteiger partial charge is 0.233 e. The van der Waals surface area contributed by atoms with E-state index in [0.717, 1.165) is 12.8 Å². The third-order valence-electron chi connectivity index (χ3n) is 5.64. The van der Waals surface area contributed by atoms with Crippen LogP contribution in [0, 0.1) is 5.82 Å². The molecule has 2 aromatic heterocycles. The fraction of sp³-hybridized carbons (Fsp3) is 0.409.